The summed E-state index contributed by atoms with van der Waals surface area (Å²) in [7, 11) is 3.47. The second-order valence-corrected chi connectivity index (χ2v) is 4.98. The van der Waals surface area contributed by atoms with Crippen molar-refractivity contribution in [2.24, 2.45) is 0 Å². The Morgan fingerprint density at radius 2 is 1.57 bits per heavy atom. The number of carbonyl (C=O) groups excluding carboxylic acids is 2. The Morgan fingerprint density at radius 3 is 2.14 bits per heavy atom. The van der Waals surface area contributed by atoms with Gasteiger partial charge in [0.25, 0.3) is 5.91 Å². The lowest BCUT2D eigenvalue weighted by Crippen LogP contribution is -2.23. The number of rotatable bonds is 4. The first-order valence-corrected chi connectivity index (χ1v) is 6.72. The second-order valence-electron chi connectivity index (χ2n) is 4.98. The predicted molar refractivity (Wildman–Crippen MR) is 83.2 cm³/mol. The Balaban J connectivity index is 2.00. The molecule has 108 valence electrons. The van der Waals surface area contributed by atoms with E-state index in [2.05, 4.69) is 5.32 Å². The fourth-order valence-corrected chi connectivity index (χ4v) is 1.83. The predicted octanol–water partition coefficient (Wildman–Crippen LogP) is 2.57. The molecular formula is C17H18N2O2. The van der Waals surface area contributed by atoms with Gasteiger partial charge in [-0.25, -0.2) is 0 Å². The number of amides is 2. The summed E-state index contributed by atoms with van der Waals surface area (Å²) in [4.78, 5) is 25.2. The third kappa shape index (κ3) is 4.18. The maximum Gasteiger partial charge on any atom is 0.255 e. The first-order valence-electron chi connectivity index (χ1n) is 6.72. The maximum absolute atomic E-state index is 12.0. The minimum Gasteiger partial charge on any atom is -0.349 e. The molecule has 1 N–H and O–H groups in total. The molecule has 0 atom stereocenters. The van der Waals surface area contributed by atoms with Crippen molar-refractivity contribution < 1.29 is 9.59 Å². The molecule has 21 heavy (non-hydrogen) atoms. The summed E-state index contributed by atoms with van der Waals surface area (Å²) in [6, 6.07) is 16.4. The number of carbonyl (C=O) groups is 2. The van der Waals surface area contributed by atoms with Crippen LogP contribution in [0.1, 0.15) is 15.9 Å². The number of nitrogens with one attached hydrogen (secondary N) is 1. The van der Waals surface area contributed by atoms with Crippen LogP contribution in [-0.2, 0) is 11.2 Å². The van der Waals surface area contributed by atoms with Crippen LogP contribution in [-0.4, -0.2) is 30.8 Å². The molecule has 0 aliphatic rings. The fourth-order valence-electron chi connectivity index (χ4n) is 1.83. The molecule has 0 bridgehead atoms. The molecule has 2 rings (SSSR count). The van der Waals surface area contributed by atoms with E-state index in [1.807, 2.05) is 30.3 Å². The van der Waals surface area contributed by atoms with Crippen LogP contribution < -0.4 is 5.32 Å². The molecule has 4 heteroatoms. The summed E-state index contributed by atoms with van der Waals surface area (Å²) in [5.74, 6) is -0.0937. The van der Waals surface area contributed by atoms with Gasteiger partial charge in [0, 0.05) is 25.3 Å². The van der Waals surface area contributed by atoms with Gasteiger partial charge in [-0.2, -0.15) is 0 Å². The number of hydrogen-bond donors (Lipinski definition) is 1. The van der Waals surface area contributed by atoms with E-state index in [1.54, 1.807) is 43.3 Å². The summed E-state index contributed by atoms with van der Waals surface area (Å²) in [6.45, 7) is 0. The fraction of sp³-hybridized carbons (Fsp3) is 0.176. The van der Waals surface area contributed by atoms with Gasteiger partial charge < -0.3 is 10.2 Å². The molecule has 2 amide bonds. The number of likely N-dealkylation sites (N-methyl/N-ethyl adjacent to an activating group) is 1. The van der Waals surface area contributed by atoms with Crippen molar-refractivity contribution in [1.29, 1.82) is 0 Å². The van der Waals surface area contributed by atoms with E-state index >= 15 is 0 Å². The number of benzene rings is 2. The Hall–Kier alpha value is -2.62. The lowest BCUT2D eigenvalue weighted by atomic mass is 10.1. The SMILES string of the molecule is CN(C)C(=O)Cc1ccc(NC(=O)c2ccccc2)cc1. The van der Waals surface area contributed by atoms with Crippen LogP contribution in [0.3, 0.4) is 0 Å². The van der Waals surface area contributed by atoms with Crippen molar-refractivity contribution in [1.82, 2.24) is 4.90 Å². The molecule has 2 aromatic rings. The summed E-state index contributed by atoms with van der Waals surface area (Å²) in [5.41, 5.74) is 2.25. The zero-order valence-electron chi connectivity index (χ0n) is 12.2. The molecule has 0 saturated carbocycles. The van der Waals surface area contributed by atoms with Crippen LogP contribution in [0.15, 0.2) is 54.6 Å². The van der Waals surface area contributed by atoms with E-state index < -0.39 is 0 Å². The van der Waals surface area contributed by atoms with Crippen LogP contribution >= 0.6 is 0 Å². The van der Waals surface area contributed by atoms with Gasteiger partial charge >= 0.3 is 0 Å². The van der Waals surface area contributed by atoms with Crippen molar-refractivity contribution in [2.45, 2.75) is 6.42 Å². The lowest BCUT2D eigenvalue weighted by molar-refractivity contribution is -0.127. The Bertz CT molecular complexity index is 619. The van der Waals surface area contributed by atoms with Gasteiger partial charge in [-0.05, 0) is 29.8 Å². The molecule has 0 spiro atoms. The van der Waals surface area contributed by atoms with Crippen LogP contribution in [0.5, 0.6) is 0 Å². The molecule has 0 heterocycles. The van der Waals surface area contributed by atoms with Crippen molar-refractivity contribution in [3.8, 4) is 0 Å². The lowest BCUT2D eigenvalue weighted by Gasteiger charge is -2.10. The Kier molecular flexibility index (Phi) is 4.72. The monoisotopic (exact) mass is 282 g/mol. The summed E-state index contributed by atoms with van der Waals surface area (Å²) in [6.07, 6.45) is 0.361. The minimum atomic E-state index is -0.146. The summed E-state index contributed by atoms with van der Waals surface area (Å²) >= 11 is 0. The molecule has 0 saturated heterocycles. The molecular weight excluding hydrogens is 264 g/mol. The van der Waals surface area contributed by atoms with Gasteiger partial charge in [-0.3, -0.25) is 9.59 Å². The van der Waals surface area contributed by atoms with Crippen molar-refractivity contribution in [3.05, 3.63) is 65.7 Å². The quantitative estimate of drug-likeness (QED) is 0.937. The molecule has 0 aliphatic carbocycles. The third-order valence-corrected chi connectivity index (χ3v) is 3.10. The zero-order chi connectivity index (χ0) is 15.2. The Labute approximate surface area is 124 Å². The van der Waals surface area contributed by atoms with E-state index in [4.69, 9.17) is 0 Å². The van der Waals surface area contributed by atoms with Gasteiger partial charge in [-0.15, -0.1) is 0 Å². The van der Waals surface area contributed by atoms with E-state index in [0.29, 0.717) is 17.7 Å². The van der Waals surface area contributed by atoms with Crippen molar-refractivity contribution >= 4 is 17.5 Å². The average Bonchev–Trinajstić information content (AvgIpc) is 2.50. The van der Waals surface area contributed by atoms with Gasteiger partial charge in [0.15, 0.2) is 0 Å². The first-order chi connectivity index (χ1) is 10.1. The molecule has 0 aromatic heterocycles. The van der Waals surface area contributed by atoms with Gasteiger partial charge in [0.05, 0.1) is 6.42 Å². The molecule has 0 aliphatic heterocycles. The molecule has 0 radical (unpaired) electrons. The number of nitrogens with zero attached hydrogens (tertiary/aromatic N) is 1. The highest BCUT2D eigenvalue weighted by Gasteiger charge is 2.07. The first kappa shape index (κ1) is 14.8. The van der Waals surface area contributed by atoms with Crippen LogP contribution in [0.25, 0.3) is 0 Å². The summed E-state index contributed by atoms with van der Waals surface area (Å²) < 4.78 is 0. The topological polar surface area (TPSA) is 49.4 Å². The maximum atomic E-state index is 12.0. The van der Waals surface area contributed by atoms with Gasteiger partial charge in [0.2, 0.25) is 5.91 Å². The summed E-state index contributed by atoms with van der Waals surface area (Å²) in [5, 5.41) is 2.83. The van der Waals surface area contributed by atoms with Crippen LogP contribution in [0.2, 0.25) is 0 Å². The van der Waals surface area contributed by atoms with Crippen molar-refractivity contribution in [2.75, 3.05) is 19.4 Å². The van der Waals surface area contributed by atoms with Gasteiger partial charge in [0.1, 0.15) is 0 Å². The van der Waals surface area contributed by atoms with Crippen molar-refractivity contribution in [3.63, 3.8) is 0 Å². The smallest absolute Gasteiger partial charge is 0.255 e. The largest absolute Gasteiger partial charge is 0.349 e. The van der Waals surface area contributed by atoms with E-state index in [9.17, 15) is 9.59 Å². The number of hydrogen-bond acceptors (Lipinski definition) is 2. The molecule has 0 fully saturated rings. The van der Waals surface area contributed by atoms with Crippen LogP contribution in [0.4, 0.5) is 5.69 Å². The molecule has 0 unspecified atom stereocenters. The van der Waals surface area contributed by atoms with E-state index in [-0.39, 0.29) is 11.8 Å². The Morgan fingerprint density at radius 1 is 0.952 bits per heavy atom. The van der Waals surface area contributed by atoms with Crippen LogP contribution in [0, 0.1) is 0 Å². The highest BCUT2D eigenvalue weighted by molar-refractivity contribution is 6.04. The minimum absolute atomic E-state index is 0.0519. The third-order valence-electron chi connectivity index (χ3n) is 3.10. The highest BCUT2D eigenvalue weighted by atomic mass is 16.2. The standard InChI is InChI=1S/C17H18N2O2/c1-19(2)16(20)12-13-8-10-15(11-9-13)18-17(21)14-6-4-3-5-7-14/h3-11H,12H2,1-2H3,(H,18,21). The van der Waals surface area contributed by atoms with E-state index in [1.165, 1.54) is 0 Å². The molecule has 4 nitrogen and oxygen atoms in total. The average molecular weight is 282 g/mol. The van der Waals surface area contributed by atoms with E-state index in [0.717, 1.165) is 5.56 Å². The number of anilines is 1. The zero-order valence-corrected chi connectivity index (χ0v) is 12.2. The normalized spacial score (nSPS) is 10.0. The molecule has 2 aromatic carbocycles. The highest BCUT2D eigenvalue weighted by Crippen LogP contribution is 2.12. The van der Waals surface area contributed by atoms with Gasteiger partial charge in [-0.1, -0.05) is 30.3 Å². The second kappa shape index (κ2) is 6.70.